The van der Waals surface area contributed by atoms with Crippen LogP contribution in [0.25, 0.3) is 28.4 Å². The fourth-order valence-electron chi connectivity index (χ4n) is 3.25. The summed E-state index contributed by atoms with van der Waals surface area (Å²) in [4.78, 5) is 39.4. The number of nitrogens with zero attached hydrogens (tertiary/aromatic N) is 2. The van der Waals surface area contributed by atoms with Gasteiger partial charge in [-0.3, -0.25) is 13.9 Å². The van der Waals surface area contributed by atoms with Gasteiger partial charge >= 0.3 is 11.7 Å². The Kier molecular flexibility index (Phi) is 5.63. The predicted octanol–water partition coefficient (Wildman–Crippen LogP) is 3.08. The maximum absolute atomic E-state index is 12.8. The van der Waals surface area contributed by atoms with Gasteiger partial charge in [-0.2, -0.15) is 0 Å². The minimum absolute atomic E-state index is 0.277. The number of H-pyrrole nitrogens is 1. The minimum atomic E-state index is -1.00. The number of carboxylic acids is 1. The lowest BCUT2D eigenvalue weighted by atomic mass is 10.1. The molecule has 0 unspecified atom stereocenters. The molecule has 0 aliphatic heterocycles. The molecule has 0 aliphatic carbocycles. The molecular weight excluding hydrogens is 358 g/mol. The largest absolute Gasteiger partial charge is 0.478 e. The Morgan fingerprint density at radius 1 is 1.07 bits per heavy atom. The highest BCUT2D eigenvalue weighted by Crippen LogP contribution is 2.23. The molecule has 0 fully saturated rings. The smallest absolute Gasteiger partial charge is 0.331 e. The van der Waals surface area contributed by atoms with Gasteiger partial charge in [-0.1, -0.05) is 38.1 Å². The number of carbonyl (C=O) groups is 1. The van der Waals surface area contributed by atoms with Crippen molar-refractivity contribution < 1.29 is 9.90 Å². The van der Waals surface area contributed by atoms with Crippen molar-refractivity contribution in [1.82, 2.24) is 14.1 Å². The molecule has 28 heavy (non-hydrogen) atoms. The summed E-state index contributed by atoms with van der Waals surface area (Å²) in [7, 11) is 0. The quantitative estimate of drug-likeness (QED) is 0.615. The summed E-state index contributed by atoms with van der Waals surface area (Å²) in [6, 6.07) is 9.12. The van der Waals surface area contributed by atoms with Crippen LogP contribution < -0.4 is 11.2 Å². The van der Waals surface area contributed by atoms with Crippen LogP contribution in [0, 0.1) is 0 Å². The first-order valence-electron chi connectivity index (χ1n) is 9.34. The third-order valence-corrected chi connectivity index (χ3v) is 4.54. The second-order valence-corrected chi connectivity index (χ2v) is 6.63. The Morgan fingerprint density at radius 3 is 2.32 bits per heavy atom. The van der Waals surface area contributed by atoms with Crippen LogP contribution in [0.15, 0.2) is 46.0 Å². The number of benzene rings is 1. The number of carboxylic acid groups (broad SMARTS) is 1. The summed E-state index contributed by atoms with van der Waals surface area (Å²) in [5.41, 5.74) is 2.79. The number of aliphatic carboxylic acids is 1. The average molecular weight is 381 g/mol. The third kappa shape index (κ3) is 3.69. The fourth-order valence-corrected chi connectivity index (χ4v) is 3.25. The lowest BCUT2D eigenvalue weighted by molar-refractivity contribution is -0.131. The number of aromatic nitrogens is 3. The lowest BCUT2D eigenvalue weighted by Crippen LogP contribution is -2.39. The Labute approximate surface area is 161 Å². The van der Waals surface area contributed by atoms with Crippen LogP contribution in [0.4, 0.5) is 0 Å². The van der Waals surface area contributed by atoms with Gasteiger partial charge in [0.25, 0.3) is 5.56 Å². The van der Waals surface area contributed by atoms with E-state index in [1.165, 1.54) is 10.6 Å². The molecule has 0 radical (unpaired) electrons. The first-order valence-corrected chi connectivity index (χ1v) is 9.34. The molecule has 0 spiro atoms. The van der Waals surface area contributed by atoms with Gasteiger partial charge in [0.2, 0.25) is 0 Å². The van der Waals surface area contributed by atoms with E-state index in [4.69, 9.17) is 5.11 Å². The van der Waals surface area contributed by atoms with Gasteiger partial charge in [-0.05, 0) is 36.1 Å². The molecule has 3 aromatic rings. The van der Waals surface area contributed by atoms with E-state index in [2.05, 4.69) is 4.98 Å². The molecule has 1 aromatic carbocycles. The average Bonchev–Trinajstić information content (AvgIpc) is 3.13. The predicted molar refractivity (Wildman–Crippen MR) is 110 cm³/mol. The molecular formula is C21H23N3O4. The van der Waals surface area contributed by atoms with E-state index in [0.29, 0.717) is 30.5 Å². The second-order valence-electron chi connectivity index (χ2n) is 6.63. The van der Waals surface area contributed by atoms with Crippen molar-refractivity contribution in [3.8, 4) is 11.3 Å². The van der Waals surface area contributed by atoms with Gasteiger partial charge in [-0.15, -0.1) is 0 Å². The topological polar surface area (TPSA) is 97.1 Å². The highest BCUT2D eigenvalue weighted by molar-refractivity contribution is 5.86. The van der Waals surface area contributed by atoms with Crippen molar-refractivity contribution in [3.05, 3.63) is 62.8 Å². The third-order valence-electron chi connectivity index (χ3n) is 4.54. The highest BCUT2D eigenvalue weighted by atomic mass is 16.4. The summed E-state index contributed by atoms with van der Waals surface area (Å²) in [5, 5.41) is 8.72. The number of fused-ring (bicyclic) bond motifs is 1. The lowest BCUT2D eigenvalue weighted by Gasteiger charge is -2.10. The van der Waals surface area contributed by atoms with Gasteiger partial charge in [0.15, 0.2) is 0 Å². The molecule has 7 heteroatoms. The molecule has 0 amide bonds. The molecule has 0 atom stereocenters. The van der Waals surface area contributed by atoms with Crippen molar-refractivity contribution in [2.75, 3.05) is 0 Å². The molecule has 0 aliphatic rings. The summed E-state index contributed by atoms with van der Waals surface area (Å²) in [5.74, 6) is -1.00. The SMILES string of the molecule is CCCn1c(=O)c2[nH]c(-c3ccc(C=CC(=O)O)cc3)cc2n(CCC)c1=O. The van der Waals surface area contributed by atoms with Gasteiger partial charge in [-0.25, -0.2) is 9.59 Å². The van der Waals surface area contributed by atoms with Gasteiger partial charge in [0, 0.05) is 24.9 Å². The molecule has 2 heterocycles. The molecule has 2 N–H and O–H groups in total. The van der Waals surface area contributed by atoms with Crippen LogP contribution in [0.3, 0.4) is 0 Å². The maximum atomic E-state index is 12.8. The number of hydrogen-bond donors (Lipinski definition) is 2. The number of aryl methyl sites for hydroxylation is 1. The zero-order valence-electron chi connectivity index (χ0n) is 15.9. The summed E-state index contributed by atoms with van der Waals surface area (Å²) in [6.07, 6.45) is 4.08. The van der Waals surface area contributed by atoms with E-state index in [1.54, 1.807) is 16.7 Å². The molecule has 3 rings (SSSR count). The van der Waals surface area contributed by atoms with E-state index >= 15 is 0 Å². The maximum Gasteiger partial charge on any atom is 0.331 e. The van der Waals surface area contributed by atoms with Crippen LogP contribution in [0.1, 0.15) is 32.3 Å². The summed E-state index contributed by atoms with van der Waals surface area (Å²) in [6.45, 7) is 4.84. The summed E-state index contributed by atoms with van der Waals surface area (Å²) < 4.78 is 2.94. The van der Waals surface area contributed by atoms with E-state index in [1.807, 2.05) is 32.0 Å². The van der Waals surface area contributed by atoms with Crippen molar-refractivity contribution >= 4 is 23.1 Å². The van der Waals surface area contributed by atoms with Crippen LogP contribution in [-0.2, 0) is 17.9 Å². The van der Waals surface area contributed by atoms with Gasteiger partial charge in [0.05, 0.1) is 5.52 Å². The van der Waals surface area contributed by atoms with Crippen molar-refractivity contribution in [3.63, 3.8) is 0 Å². The standard InChI is InChI=1S/C21H23N3O4/c1-3-11-23-17-13-16(15-8-5-14(6-9-15)7-10-18(25)26)22-19(17)20(27)24(12-4-2)21(23)28/h5-10,13,22H,3-4,11-12H2,1-2H3,(H,25,26). The van der Waals surface area contributed by atoms with Crippen LogP contribution in [0.5, 0.6) is 0 Å². The van der Waals surface area contributed by atoms with Crippen LogP contribution >= 0.6 is 0 Å². The molecule has 146 valence electrons. The molecule has 0 saturated carbocycles. The van der Waals surface area contributed by atoms with Gasteiger partial charge < -0.3 is 10.1 Å². The molecule has 7 nitrogen and oxygen atoms in total. The molecule has 0 bridgehead atoms. The first-order chi connectivity index (χ1) is 13.5. The Balaban J connectivity index is 2.12. The van der Waals surface area contributed by atoms with Crippen molar-refractivity contribution in [2.45, 2.75) is 39.8 Å². The zero-order chi connectivity index (χ0) is 20.3. The van der Waals surface area contributed by atoms with E-state index in [0.717, 1.165) is 29.3 Å². The monoisotopic (exact) mass is 381 g/mol. The normalized spacial score (nSPS) is 11.5. The van der Waals surface area contributed by atoms with Crippen molar-refractivity contribution in [1.29, 1.82) is 0 Å². The summed E-state index contributed by atoms with van der Waals surface area (Å²) >= 11 is 0. The fraction of sp³-hybridized carbons (Fsp3) is 0.286. The first kappa shape index (κ1) is 19.4. The van der Waals surface area contributed by atoms with E-state index < -0.39 is 5.97 Å². The number of hydrogen-bond acceptors (Lipinski definition) is 3. The number of rotatable bonds is 7. The van der Waals surface area contributed by atoms with Gasteiger partial charge in [0.1, 0.15) is 5.52 Å². The number of aromatic amines is 1. The van der Waals surface area contributed by atoms with E-state index in [-0.39, 0.29) is 11.2 Å². The number of nitrogens with one attached hydrogen (secondary N) is 1. The Hall–Kier alpha value is -3.35. The van der Waals surface area contributed by atoms with E-state index in [9.17, 15) is 14.4 Å². The zero-order valence-corrected chi connectivity index (χ0v) is 15.9. The Morgan fingerprint density at radius 2 is 1.71 bits per heavy atom. The van der Waals surface area contributed by atoms with Crippen LogP contribution in [-0.4, -0.2) is 25.2 Å². The van der Waals surface area contributed by atoms with Crippen molar-refractivity contribution in [2.24, 2.45) is 0 Å². The second kappa shape index (κ2) is 8.12. The minimum Gasteiger partial charge on any atom is -0.478 e. The van der Waals surface area contributed by atoms with Crippen LogP contribution in [0.2, 0.25) is 0 Å². The molecule has 2 aromatic heterocycles. The highest BCUT2D eigenvalue weighted by Gasteiger charge is 2.15. The molecule has 0 saturated heterocycles. The Bertz CT molecular complexity index is 1150.